The minimum absolute atomic E-state index is 0.128. The van der Waals surface area contributed by atoms with Crippen molar-refractivity contribution in [2.24, 2.45) is 22.5 Å². The van der Waals surface area contributed by atoms with E-state index in [0.29, 0.717) is 19.0 Å². The van der Waals surface area contributed by atoms with Crippen LogP contribution in [0.4, 0.5) is 0 Å². The van der Waals surface area contributed by atoms with Crippen molar-refractivity contribution >= 4 is 5.91 Å². The van der Waals surface area contributed by atoms with Gasteiger partial charge in [0.05, 0.1) is 0 Å². The van der Waals surface area contributed by atoms with Gasteiger partial charge in [0.1, 0.15) is 0 Å². The van der Waals surface area contributed by atoms with E-state index >= 15 is 0 Å². The number of hydrogen-bond donors (Lipinski definition) is 2. The first kappa shape index (κ1) is 19.8. The highest BCUT2D eigenvalue weighted by Crippen LogP contribution is 2.39. The van der Waals surface area contributed by atoms with Crippen LogP contribution in [-0.2, 0) is 4.79 Å². The van der Waals surface area contributed by atoms with Crippen LogP contribution in [0.5, 0.6) is 0 Å². The number of hydrogen-bond acceptors (Lipinski definition) is 2. The molecule has 1 atom stereocenters. The van der Waals surface area contributed by atoms with Crippen LogP contribution >= 0.6 is 0 Å². The lowest BCUT2D eigenvalue weighted by atomic mass is 9.68. The molecule has 0 heterocycles. The first-order valence-corrected chi connectivity index (χ1v) is 7.12. The highest BCUT2D eigenvalue weighted by molar-refractivity contribution is 5.82. The number of rotatable bonds is 5. The van der Waals surface area contributed by atoms with Gasteiger partial charge in [-0.2, -0.15) is 0 Å². The van der Waals surface area contributed by atoms with Crippen molar-refractivity contribution in [3.05, 3.63) is 0 Å². The molecule has 18 heavy (non-hydrogen) atoms. The maximum Gasteiger partial charge on any atom is 0.226 e. The Kier molecular flexibility index (Phi) is 9.35. The molecule has 0 aromatic carbocycles. The highest BCUT2D eigenvalue weighted by Gasteiger charge is 2.39. The third-order valence-corrected chi connectivity index (χ3v) is 3.12. The van der Waals surface area contributed by atoms with Crippen LogP contribution in [0.1, 0.15) is 61.8 Å². The number of amides is 1. The summed E-state index contributed by atoms with van der Waals surface area (Å²) < 4.78 is 0. The molecular formula is C15H34N2O. The Balaban J connectivity index is 0. The van der Waals surface area contributed by atoms with Crippen LogP contribution < -0.4 is 11.1 Å². The van der Waals surface area contributed by atoms with E-state index < -0.39 is 0 Å². The SMILES string of the molecule is CC.CC(C)C(C)(CC(C)(C)C)C(=O)NCCN. The standard InChI is InChI=1S/C13H28N2O.C2H6/c1-10(2)13(6,9-12(3,4)5)11(16)15-8-7-14;1-2/h10H,7-9,14H2,1-6H3,(H,15,16);1-2H3. The van der Waals surface area contributed by atoms with Crippen LogP contribution in [0, 0.1) is 16.7 Å². The van der Waals surface area contributed by atoms with Crippen LogP contribution in [0.2, 0.25) is 0 Å². The lowest BCUT2D eigenvalue weighted by Crippen LogP contribution is -2.45. The predicted octanol–water partition coefficient (Wildman–Crippen LogP) is 3.19. The van der Waals surface area contributed by atoms with E-state index in [1.54, 1.807) is 0 Å². The Labute approximate surface area is 114 Å². The molecule has 110 valence electrons. The summed E-state index contributed by atoms with van der Waals surface area (Å²) in [5.41, 5.74) is 5.25. The van der Waals surface area contributed by atoms with Crippen molar-refractivity contribution in [2.45, 2.75) is 61.8 Å². The number of nitrogens with two attached hydrogens (primary N) is 1. The van der Waals surface area contributed by atoms with Gasteiger partial charge in [-0.3, -0.25) is 4.79 Å². The molecule has 1 amide bonds. The average molecular weight is 258 g/mol. The fourth-order valence-corrected chi connectivity index (χ4v) is 2.04. The van der Waals surface area contributed by atoms with Crippen molar-refractivity contribution in [2.75, 3.05) is 13.1 Å². The number of nitrogens with one attached hydrogen (secondary N) is 1. The van der Waals surface area contributed by atoms with Gasteiger partial charge >= 0.3 is 0 Å². The average Bonchev–Trinajstić information content (AvgIpc) is 2.25. The number of carbonyl (C=O) groups excluding carboxylic acids is 1. The van der Waals surface area contributed by atoms with Gasteiger partial charge < -0.3 is 11.1 Å². The molecule has 0 aliphatic heterocycles. The van der Waals surface area contributed by atoms with Gasteiger partial charge in [-0.25, -0.2) is 0 Å². The second-order valence-corrected chi connectivity index (χ2v) is 6.35. The summed E-state index contributed by atoms with van der Waals surface area (Å²) in [5.74, 6) is 0.451. The quantitative estimate of drug-likeness (QED) is 0.795. The third-order valence-electron chi connectivity index (χ3n) is 3.12. The topological polar surface area (TPSA) is 55.1 Å². The minimum Gasteiger partial charge on any atom is -0.354 e. The molecule has 0 aromatic rings. The van der Waals surface area contributed by atoms with Gasteiger partial charge in [0.2, 0.25) is 5.91 Å². The van der Waals surface area contributed by atoms with Crippen LogP contribution in [0.15, 0.2) is 0 Å². The molecule has 0 radical (unpaired) electrons. The van der Waals surface area contributed by atoms with Crippen LogP contribution in [0.25, 0.3) is 0 Å². The van der Waals surface area contributed by atoms with E-state index in [1.165, 1.54) is 0 Å². The molecule has 0 saturated heterocycles. The third kappa shape index (κ3) is 7.00. The van der Waals surface area contributed by atoms with Gasteiger partial charge in [-0.15, -0.1) is 0 Å². The number of carbonyl (C=O) groups is 1. The lowest BCUT2D eigenvalue weighted by molar-refractivity contribution is -0.134. The fourth-order valence-electron chi connectivity index (χ4n) is 2.04. The molecule has 0 saturated carbocycles. The Morgan fingerprint density at radius 2 is 1.61 bits per heavy atom. The molecule has 3 N–H and O–H groups in total. The Bertz CT molecular complexity index is 231. The first-order chi connectivity index (χ1) is 8.13. The van der Waals surface area contributed by atoms with Gasteiger partial charge in [0.25, 0.3) is 0 Å². The molecular weight excluding hydrogens is 224 g/mol. The highest BCUT2D eigenvalue weighted by atomic mass is 16.2. The second kappa shape index (κ2) is 8.52. The van der Waals surface area contributed by atoms with Gasteiger partial charge in [-0.05, 0) is 17.8 Å². The Hall–Kier alpha value is -0.570. The van der Waals surface area contributed by atoms with Crippen molar-refractivity contribution in [1.82, 2.24) is 5.32 Å². The summed E-state index contributed by atoms with van der Waals surface area (Å²) in [6, 6.07) is 0. The molecule has 0 rings (SSSR count). The van der Waals surface area contributed by atoms with E-state index in [1.807, 2.05) is 13.8 Å². The summed E-state index contributed by atoms with van der Waals surface area (Å²) in [6.07, 6.45) is 0.883. The second-order valence-electron chi connectivity index (χ2n) is 6.35. The van der Waals surface area contributed by atoms with Gasteiger partial charge in [0.15, 0.2) is 0 Å². The van der Waals surface area contributed by atoms with Crippen LogP contribution in [0.3, 0.4) is 0 Å². The van der Waals surface area contributed by atoms with E-state index in [2.05, 4.69) is 46.9 Å². The zero-order valence-corrected chi connectivity index (χ0v) is 13.7. The smallest absolute Gasteiger partial charge is 0.226 e. The molecule has 0 spiro atoms. The molecule has 0 aliphatic rings. The molecule has 0 aromatic heterocycles. The molecule has 1 unspecified atom stereocenters. The van der Waals surface area contributed by atoms with Crippen LogP contribution in [-0.4, -0.2) is 19.0 Å². The van der Waals surface area contributed by atoms with E-state index in [9.17, 15) is 4.79 Å². The van der Waals surface area contributed by atoms with Crippen molar-refractivity contribution in [3.8, 4) is 0 Å². The first-order valence-electron chi connectivity index (χ1n) is 7.12. The van der Waals surface area contributed by atoms with Crippen molar-refractivity contribution in [1.29, 1.82) is 0 Å². The summed E-state index contributed by atoms with van der Waals surface area (Å²) >= 11 is 0. The van der Waals surface area contributed by atoms with Gasteiger partial charge in [0, 0.05) is 18.5 Å². The summed E-state index contributed by atoms with van der Waals surface area (Å²) in [4.78, 5) is 12.2. The van der Waals surface area contributed by atoms with Gasteiger partial charge in [-0.1, -0.05) is 55.4 Å². The molecule has 0 fully saturated rings. The Morgan fingerprint density at radius 3 is 1.89 bits per heavy atom. The largest absolute Gasteiger partial charge is 0.354 e. The van der Waals surface area contributed by atoms with Crippen molar-refractivity contribution < 1.29 is 4.79 Å². The monoisotopic (exact) mass is 258 g/mol. The minimum atomic E-state index is -0.312. The Morgan fingerprint density at radius 1 is 1.17 bits per heavy atom. The molecule has 0 aliphatic carbocycles. The molecule has 3 nitrogen and oxygen atoms in total. The fraction of sp³-hybridized carbons (Fsp3) is 0.933. The normalized spacial score (nSPS) is 14.6. The zero-order chi connectivity index (χ0) is 15.0. The summed E-state index contributed by atoms with van der Waals surface area (Å²) in [7, 11) is 0. The van der Waals surface area contributed by atoms with E-state index in [-0.39, 0.29) is 16.7 Å². The maximum atomic E-state index is 12.2. The summed E-state index contributed by atoms with van der Waals surface area (Å²) in [5, 5.41) is 2.91. The predicted molar refractivity (Wildman–Crippen MR) is 80.4 cm³/mol. The molecule has 3 heteroatoms. The van der Waals surface area contributed by atoms with E-state index in [0.717, 1.165) is 6.42 Å². The zero-order valence-electron chi connectivity index (χ0n) is 13.7. The molecule has 0 bridgehead atoms. The van der Waals surface area contributed by atoms with Crippen molar-refractivity contribution in [3.63, 3.8) is 0 Å². The van der Waals surface area contributed by atoms with E-state index in [4.69, 9.17) is 5.73 Å². The summed E-state index contributed by atoms with van der Waals surface area (Å²) in [6.45, 7) is 17.8. The maximum absolute atomic E-state index is 12.2. The lowest BCUT2D eigenvalue weighted by Gasteiger charge is -2.37.